The molecule has 2 N–H and O–H groups in total. The number of esters is 1. The summed E-state index contributed by atoms with van der Waals surface area (Å²) in [5.74, 6) is 0.588. The van der Waals surface area contributed by atoms with Crippen molar-refractivity contribution in [3.8, 4) is 11.5 Å². The molecule has 1 saturated heterocycles. The smallest absolute Gasteiger partial charge is 0.338 e. The minimum absolute atomic E-state index is 0.0769. The molecule has 198 valence electrons. The van der Waals surface area contributed by atoms with Crippen molar-refractivity contribution in [3.05, 3.63) is 35.0 Å². The second-order valence-electron chi connectivity index (χ2n) is 8.62. The van der Waals surface area contributed by atoms with E-state index < -0.39 is 12.0 Å². The number of amides is 4. The van der Waals surface area contributed by atoms with Crippen LogP contribution < -0.4 is 20.1 Å². The minimum atomic E-state index is -0.745. The lowest BCUT2D eigenvalue weighted by Gasteiger charge is -2.36. The van der Waals surface area contributed by atoms with Crippen LogP contribution in [0.1, 0.15) is 31.9 Å². The highest BCUT2D eigenvalue weighted by atomic mass is 16.5. The van der Waals surface area contributed by atoms with Gasteiger partial charge in [-0.25, -0.2) is 14.4 Å². The van der Waals surface area contributed by atoms with Crippen molar-refractivity contribution in [1.29, 1.82) is 0 Å². The van der Waals surface area contributed by atoms with Gasteiger partial charge in [0.1, 0.15) is 11.5 Å². The first-order valence-corrected chi connectivity index (χ1v) is 12.2. The van der Waals surface area contributed by atoms with Crippen LogP contribution in [-0.4, -0.2) is 99.9 Å². The first kappa shape index (κ1) is 27.1. The van der Waals surface area contributed by atoms with Crippen LogP contribution in [0.5, 0.6) is 11.5 Å². The van der Waals surface area contributed by atoms with E-state index in [9.17, 15) is 14.4 Å². The Bertz CT molecular complexity index is 975. The number of nitrogens with one attached hydrogen (secondary N) is 2. The molecule has 1 unspecified atom stereocenters. The second kappa shape index (κ2) is 12.5. The van der Waals surface area contributed by atoms with Gasteiger partial charge in [-0.05, 0) is 38.0 Å². The van der Waals surface area contributed by atoms with Crippen LogP contribution in [0.3, 0.4) is 0 Å². The molecule has 0 radical (unpaired) electrons. The number of likely N-dealkylation sites (N-methyl/N-ethyl adjacent to an activating group) is 1. The van der Waals surface area contributed by atoms with Crippen molar-refractivity contribution < 1.29 is 28.6 Å². The van der Waals surface area contributed by atoms with Gasteiger partial charge in [0.15, 0.2) is 0 Å². The molecule has 0 saturated carbocycles. The third-order valence-electron chi connectivity index (χ3n) is 6.36. The SMILES string of the molecule is CCNC(=O)N1CCCN(CC2=C(C(=O)OCC)C(c3cc(OC)cc(OC)c3)NC(=O)N2C)CC1. The zero-order chi connectivity index (χ0) is 26.2. The number of methoxy groups -OCH3 is 2. The summed E-state index contributed by atoms with van der Waals surface area (Å²) < 4.78 is 16.2. The Morgan fingerprint density at radius 2 is 1.75 bits per heavy atom. The number of rotatable bonds is 8. The van der Waals surface area contributed by atoms with Crippen molar-refractivity contribution in [3.63, 3.8) is 0 Å². The van der Waals surface area contributed by atoms with Gasteiger partial charge in [0.2, 0.25) is 0 Å². The van der Waals surface area contributed by atoms with Crippen LogP contribution in [0.2, 0.25) is 0 Å². The molecule has 1 aromatic rings. The summed E-state index contributed by atoms with van der Waals surface area (Å²) in [5, 5.41) is 5.77. The summed E-state index contributed by atoms with van der Waals surface area (Å²) in [6, 6.07) is 4.12. The molecule has 1 fully saturated rings. The highest BCUT2D eigenvalue weighted by Gasteiger charge is 2.38. The number of urea groups is 2. The number of benzene rings is 1. The summed E-state index contributed by atoms with van der Waals surface area (Å²) in [7, 11) is 4.73. The monoisotopic (exact) mass is 503 g/mol. The molecule has 1 atom stereocenters. The molecule has 0 bridgehead atoms. The molecule has 4 amide bonds. The van der Waals surface area contributed by atoms with Gasteiger partial charge < -0.3 is 29.7 Å². The molecule has 36 heavy (non-hydrogen) atoms. The van der Waals surface area contributed by atoms with Crippen molar-refractivity contribution in [2.45, 2.75) is 26.3 Å². The number of hydrogen-bond donors (Lipinski definition) is 2. The number of carbonyl (C=O) groups is 3. The highest BCUT2D eigenvalue weighted by Crippen LogP contribution is 2.35. The average molecular weight is 504 g/mol. The Kier molecular flexibility index (Phi) is 9.40. The molecule has 2 aliphatic rings. The van der Waals surface area contributed by atoms with Crippen LogP contribution in [-0.2, 0) is 9.53 Å². The van der Waals surface area contributed by atoms with Gasteiger partial charge in [0, 0.05) is 58.1 Å². The van der Waals surface area contributed by atoms with E-state index in [1.807, 2.05) is 6.92 Å². The van der Waals surface area contributed by atoms with Crippen molar-refractivity contribution in [2.24, 2.45) is 0 Å². The quantitative estimate of drug-likeness (QED) is 0.522. The number of ether oxygens (including phenoxy) is 3. The van der Waals surface area contributed by atoms with Gasteiger partial charge in [0.25, 0.3) is 0 Å². The third-order valence-corrected chi connectivity index (χ3v) is 6.36. The molecule has 1 aromatic carbocycles. The fraction of sp³-hybridized carbons (Fsp3) is 0.560. The Hall–Kier alpha value is -3.47. The maximum Gasteiger partial charge on any atom is 0.338 e. The van der Waals surface area contributed by atoms with Gasteiger partial charge >= 0.3 is 18.0 Å². The first-order chi connectivity index (χ1) is 17.3. The summed E-state index contributed by atoms with van der Waals surface area (Å²) >= 11 is 0. The predicted octanol–water partition coefficient (Wildman–Crippen LogP) is 1.95. The zero-order valence-corrected chi connectivity index (χ0v) is 21.8. The fourth-order valence-electron chi connectivity index (χ4n) is 4.45. The van der Waals surface area contributed by atoms with E-state index in [2.05, 4.69) is 15.5 Å². The van der Waals surface area contributed by atoms with Gasteiger partial charge in [-0.3, -0.25) is 9.80 Å². The predicted molar refractivity (Wildman–Crippen MR) is 134 cm³/mol. The number of carbonyl (C=O) groups excluding carboxylic acids is 3. The zero-order valence-electron chi connectivity index (χ0n) is 21.8. The Morgan fingerprint density at radius 1 is 1.06 bits per heavy atom. The lowest BCUT2D eigenvalue weighted by atomic mass is 9.94. The van der Waals surface area contributed by atoms with E-state index in [0.29, 0.717) is 61.1 Å². The molecule has 3 rings (SSSR count). The highest BCUT2D eigenvalue weighted by molar-refractivity contribution is 5.95. The first-order valence-electron chi connectivity index (χ1n) is 12.2. The van der Waals surface area contributed by atoms with E-state index in [-0.39, 0.29) is 18.7 Å². The Labute approximate surface area is 212 Å². The average Bonchev–Trinajstić information content (AvgIpc) is 3.12. The maximum atomic E-state index is 13.3. The summed E-state index contributed by atoms with van der Waals surface area (Å²) in [4.78, 5) is 44.0. The van der Waals surface area contributed by atoms with Crippen molar-refractivity contribution in [2.75, 3.05) is 67.1 Å². The van der Waals surface area contributed by atoms with Crippen LogP contribution in [0, 0.1) is 0 Å². The Balaban J connectivity index is 1.98. The summed E-state index contributed by atoms with van der Waals surface area (Å²) in [6.07, 6.45) is 0.783. The van der Waals surface area contributed by atoms with Gasteiger partial charge in [0.05, 0.1) is 32.4 Å². The Morgan fingerprint density at radius 3 is 2.36 bits per heavy atom. The molecular formula is C25H37N5O6. The van der Waals surface area contributed by atoms with E-state index in [1.54, 1.807) is 51.3 Å². The molecule has 0 aromatic heterocycles. The van der Waals surface area contributed by atoms with E-state index in [4.69, 9.17) is 14.2 Å². The summed E-state index contributed by atoms with van der Waals surface area (Å²) in [6.45, 7) is 7.32. The topological polar surface area (TPSA) is 113 Å². The largest absolute Gasteiger partial charge is 0.497 e. The maximum absolute atomic E-state index is 13.3. The molecule has 11 heteroatoms. The van der Waals surface area contributed by atoms with Crippen molar-refractivity contribution in [1.82, 2.24) is 25.3 Å². The third kappa shape index (κ3) is 6.20. The van der Waals surface area contributed by atoms with E-state index >= 15 is 0 Å². The minimum Gasteiger partial charge on any atom is -0.497 e. The van der Waals surface area contributed by atoms with Crippen LogP contribution in [0.15, 0.2) is 29.5 Å². The number of nitrogens with zero attached hydrogens (tertiary/aromatic N) is 3. The van der Waals surface area contributed by atoms with Gasteiger partial charge in [-0.15, -0.1) is 0 Å². The number of hydrogen-bond acceptors (Lipinski definition) is 7. The fourth-order valence-corrected chi connectivity index (χ4v) is 4.45. The second-order valence-corrected chi connectivity index (χ2v) is 8.62. The molecular weight excluding hydrogens is 466 g/mol. The van der Waals surface area contributed by atoms with E-state index in [1.165, 1.54) is 4.90 Å². The molecule has 0 aliphatic carbocycles. The van der Waals surface area contributed by atoms with Crippen LogP contribution in [0.25, 0.3) is 0 Å². The standard InChI is InChI=1S/C25H37N5O6/c1-6-26-24(32)30-10-8-9-29(11-12-30)16-20-21(23(31)36-7-2)22(27-25(33)28(20)3)17-13-18(34-4)15-19(14-17)35-5/h13-15,22H,6-12,16H2,1-5H3,(H,26,32)(H,27,33). The lowest BCUT2D eigenvalue weighted by Crippen LogP contribution is -2.49. The molecule has 2 aliphatic heterocycles. The molecule has 0 spiro atoms. The van der Waals surface area contributed by atoms with Gasteiger partial charge in [-0.2, -0.15) is 0 Å². The summed E-state index contributed by atoms with van der Waals surface area (Å²) in [5.41, 5.74) is 1.57. The van der Waals surface area contributed by atoms with Crippen LogP contribution in [0.4, 0.5) is 9.59 Å². The van der Waals surface area contributed by atoms with Crippen molar-refractivity contribution >= 4 is 18.0 Å². The van der Waals surface area contributed by atoms with Crippen LogP contribution >= 0.6 is 0 Å². The normalized spacial score (nSPS) is 18.9. The molecule has 11 nitrogen and oxygen atoms in total. The molecule has 2 heterocycles. The van der Waals surface area contributed by atoms with Gasteiger partial charge in [-0.1, -0.05) is 0 Å². The van der Waals surface area contributed by atoms with E-state index in [0.717, 1.165) is 13.0 Å². The lowest BCUT2D eigenvalue weighted by molar-refractivity contribution is -0.139.